The number of hydrogen-bond acceptors (Lipinski definition) is 4. The fraction of sp³-hybridized carbons (Fsp3) is 0.167. The number of carbonyl (C=O) groups is 2. The first-order valence-electron chi connectivity index (χ1n) is 7.58. The highest BCUT2D eigenvalue weighted by molar-refractivity contribution is 6.30. The first-order valence-corrected chi connectivity index (χ1v) is 7.96. The third kappa shape index (κ3) is 6.64. The van der Waals surface area contributed by atoms with Gasteiger partial charge in [0, 0.05) is 23.6 Å². The summed E-state index contributed by atoms with van der Waals surface area (Å²) in [7, 11) is 1.57. The van der Waals surface area contributed by atoms with E-state index in [1.165, 1.54) is 6.21 Å². The Morgan fingerprint density at radius 3 is 2.32 bits per heavy atom. The van der Waals surface area contributed by atoms with Crippen LogP contribution >= 0.6 is 11.6 Å². The van der Waals surface area contributed by atoms with Crippen molar-refractivity contribution >= 4 is 35.3 Å². The Balaban J connectivity index is 1.71. The molecule has 2 amide bonds. The van der Waals surface area contributed by atoms with Gasteiger partial charge >= 0.3 is 0 Å². The molecule has 0 atom stereocenters. The summed E-state index contributed by atoms with van der Waals surface area (Å²) in [5.74, 6) is 0.119. The largest absolute Gasteiger partial charge is 0.497 e. The van der Waals surface area contributed by atoms with Gasteiger partial charge in [0.2, 0.25) is 11.8 Å². The van der Waals surface area contributed by atoms with Crippen molar-refractivity contribution in [1.82, 2.24) is 5.43 Å². The molecule has 0 spiro atoms. The highest BCUT2D eigenvalue weighted by Gasteiger charge is 2.06. The van der Waals surface area contributed by atoms with E-state index in [1.807, 2.05) is 0 Å². The molecule has 0 fully saturated rings. The molecule has 0 bridgehead atoms. The third-order valence-corrected chi connectivity index (χ3v) is 3.48. The van der Waals surface area contributed by atoms with Crippen LogP contribution < -0.4 is 15.5 Å². The van der Waals surface area contributed by atoms with Crippen LogP contribution in [0.5, 0.6) is 5.75 Å². The second kappa shape index (κ2) is 9.44. The first kappa shape index (κ1) is 18.5. The molecule has 0 unspecified atom stereocenters. The van der Waals surface area contributed by atoms with Gasteiger partial charge in [-0.1, -0.05) is 23.7 Å². The van der Waals surface area contributed by atoms with E-state index in [2.05, 4.69) is 15.8 Å². The number of ether oxygens (including phenoxy) is 1. The molecular weight excluding hydrogens is 342 g/mol. The van der Waals surface area contributed by atoms with E-state index < -0.39 is 0 Å². The van der Waals surface area contributed by atoms with Crippen molar-refractivity contribution in [3.05, 3.63) is 59.1 Å². The number of carbonyl (C=O) groups excluding carboxylic acids is 2. The second-order valence-electron chi connectivity index (χ2n) is 5.12. The molecule has 0 aliphatic carbocycles. The fourth-order valence-electron chi connectivity index (χ4n) is 1.91. The molecule has 130 valence electrons. The zero-order valence-electron chi connectivity index (χ0n) is 13.7. The minimum absolute atomic E-state index is 0.0416. The Morgan fingerprint density at radius 1 is 1.04 bits per heavy atom. The predicted octanol–water partition coefficient (Wildman–Crippen LogP) is 3.22. The molecule has 2 aromatic carbocycles. The maximum atomic E-state index is 11.8. The van der Waals surface area contributed by atoms with Crippen LogP contribution in [-0.2, 0) is 9.59 Å². The van der Waals surface area contributed by atoms with Gasteiger partial charge < -0.3 is 10.1 Å². The van der Waals surface area contributed by atoms with Gasteiger partial charge in [-0.05, 0) is 42.0 Å². The van der Waals surface area contributed by atoms with Crippen LogP contribution in [0.25, 0.3) is 0 Å². The quantitative estimate of drug-likeness (QED) is 0.588. The first-order chi connectivity index (χ1) is 12.1. The Hall–Kier alpha value is -2.86. The summed E-state index contributed by atoms with van der Waals surface area (Å²) in [6.45, 7) is 0. The van der Waals surface area contributed by atoms with Crippen molar-refractivity contribution < 1.29 is 14.3 Å². The summed E-state index contributed by atoms with van der Waals surface area (Å²) in [5.41, 5.74) is 3.83. The Kier molecular flexibility index (Phi) is 6.98. The molecule has 2 rings (SSSR count). The van der Waals surface area contributed by atoms with Gasteiger partial charge in [-0.3, -0.25) is 9.59 Å². The van der Waals surface area contributed by atoms with Gasteiger partial charge in [0.05, 0.1) is 13.3 Å². The topological polar surface area (TPSA) is 79.8 Å². The minimum atomic E-state index is -0.338. The lowest BCUT2D eigenvalue weighted by Gasteiger charge is -2.06. The maximum Gasteiger partial charge on any atom is 0.240 e. The summed E-state index contributed by atoms with van der Waals surface area (Å²) in [6.07, 6.45) is 1.61. The molecule has 0 saturated heterocycles. The van der Waals surface area contributed by atoms with Crippen LogP contribution in [0, 0.1) is 0 Å². The summed E-state index contributed by atoms with van der Waals surface area (Å²) in [5, 5.41) is 7.18. The third-order valence-electron chi connectivity index (χ3n) is 3.23. The van der Waals surface area contributed by atoms with Crippen molar-refractivity contribution in [2.24, 2.45) is 5.10 Å². The number of anilines is 1. The summed E-state index contributed by atoms with van der Waals surface area (Å²) in [6, 6.07) is 14.0. The summed E-state index contributed by atoms with van der Waals surface area (Å²) >= 11 is 5.78. The highest BCUT2D eigenvalue weighted by atomic mass is 35.5. The van der Waals surface area contributed by atoms with Gasteiger partial charge in [0.15, 0.2) is 0 Å². The van der Waals surface area contributed by atoms with E-state index in [4.69, 9.17) is 16.3 Å². The fourth-order valence-corrected chi connectivity index (χ4v) is 2.03. The minimum Gasteiger partial charge on any atom is -0.497 e. The number of amides is 2. The Bertz CT molecular complexity index is 743. The van der Waals surface area contributed by atoms with Crippen LogP contribution in [-0.4, -0.2) is 25.1 Å². The van der Waals surface area contributed by atoms with Gasteiger partial charge in [-0.15, -0.1) is 0 Å². The zero-order chi connectivity index (χ0) is 18.1. The molecule has 0 aliphatic heterocycles. The average Bonchev–Trinajstić information content (AvgIpc) is 2.62. The molecular formula is C18H18ClN3O3. The van der Waals surface area contributed by atoms with Crippen molar-refractivity contribution in [2.75, 3.05) is 12.4 Å². The monoisotopic (exact) mass is 359 g/mol. The van der Waals surface area contributed by atoms with Crippen molar-refractivity contribution in [1.29, 1.82) is 0 Å². The number of nitrogens with one attached hydrogen (secondary N) is 2. The number of rotatable bonds is 7. The lowest BCUT2D eigenvalue weighted by atomic mass is 10.2. The average molecular weight is 360 g/mol. The SMILES string of the molecule is COc1ccc(NC(=O)CCC(=O)N/N=C\c2ccc(Cl)cc2)cc1. The molecule has 25 heavy (non-hydrogen) atoms. The standard InChI is InChI=1S/C18H18ClN3O3/c1-25-16-8-6-15(7-9-16)21-17(23)10-11-18(24)22-20-12-13-2-4-14(19)5-3-13/h2-9,12H,10-11H2,1H3,(H,21,23)(H,22,24)/b20-12-. The smallest absolute Gasteiger partial charge is 0.240 e. The van der Waals surface area contributed by atoms with Crippen LogP contribution in [0.4, 0.5) is 5.69 Å². The van der Waals surface area contributed by atoms with Crippen molar-refractivity contribution in [2.45, 2.75) is 12.8 Å². The Labute approximate surface area is 150 Å². The van der Waals surface area contributed by atoms with Crippen LogP contribution in [0.15, 0.2) is 53.6 Å². The number of benzene rings is 2. The number of nitrogens with zero attached hydrogens (tertiary/aromatic N) is 1. The van der Waals surface area contributed by atoms with Gasteiger partial charge in [-0.25, -0.2) is 5.43 Å². The van der Waals surface area contributed by atoms with Gasteiger partial charge in [0.1, 0.15) is 5.75 Å². The van der Waals surface area contributed by atoms with E-state index in [9.17, 15) is 9.59 Å². The number of hydrazone groups is 1. The predicted molar refractivity (Wildman–Crippen MR) is 98.0 cm³/mol. The second-order valence-corrected chi connectivity index (χ2v) is 5.56. The molecule has 0 aliphatic rings. The van der Waals surface area contributed by atoms with E-state index in [-0.39, 0.29) is 24.7 Å². The van der Waals surface area contributed by atoms with Crippen molar-refractivity contribution in [3.8, 4) is 5.75 Å². The van der Waals surface area contributed by atoms with Gasteiger partial charge in [0.25, 0.3) is 0 Å². The summed E-state index contributed by atoms with van der Waals surface area (Å²) < 4.78 is 5.04. The molecule has 7 heteroatoms. The Morgan fingerprint density at radius 2 is 1.68 bits per heavy atom. The van der Waals surface area contributed by atoms with Crippen LogP contribution in [0.2, 0.25) is 5.02 Å². The molecule has 2 N–H and O–H groups in total. The molecule has 0 aromatic heterocycles. The number of halogens is 1. The maximum absolute atomic E-state index is 11.8. The van der Waals surface area contributed by atoms with E-state index in [0.717, 1.165) is 5.56 Å². The molecule has 2 aromatic rings. The molecule has 0 heterocycles. The van der Waals surface area contributed by atoms with Crippen LogP contribution in [0.1, 0.15) is 18.4 Å². The van der Waals surface area contributed by atoms with Crippen LogP contribution in [0.3, 0.4) is 0 Å². The lowest BCUT2D eigenvalue weighted by Crippen LogP contribution is -2.20. The van der Waals surface area contributed by atoms with Gasteiger partial charge in [-0.2, -0.15) is 5.10 Å². The normalized spacial score (nSPS) is 10.5. The van der Waals surface area contributed by atoms with Crippen molar-refractivity contribution in [3.63, 3.8) is 0 Å². The zero-order valence-corrected chi connectivity index (χ0v) is 14.4. The number of hydrogen-bond donors (Lipinski definition) is 2. The van der Waals surface area contributed by atoms with E-state index >= 15 is 0 Å². The highest BCUT2D eigenvalue weighted by Crippen LogP contribution is 2.15. The molecule has 0 radical (unpaired) electrons. The molecule has 6 nitrogen and oxygen atoms in total. The van der Waals surface area contributed by atoms with E-state index in [0.29, 0.717) is 16.5 Å². The number of methoxy groups -OCH3 is 1. The molecule has 0 saturated carbocycles. The lowest BCUT2D eigenvalue weighted by molar-refractivity contribution is -0.124. The van der Waals surface area contributed by atoms with E-state index in [1.54, 1.807) is 55.6 Å². The summed E-state index contributed by atoms with van der Waals surface area (Å²) in [4.78, 5) is 23.5.